The topological polar surface area (TPSA) is 52.1 Å². The third kappa shape index (κ3) is 2.20. The first kappa shape index (κ1) is 12.8. The Kier molecular flexibility index (Phi) is 3.26. The Labute approximate surface area is 118 Å². The Hall–Kier alpha value is -2.17. The summed E-state index contributed by atoms with van der Waals surface area (Å²) in [5, 5.41) is 0. The number of carbonyl (C=O) groups excluding carboxylic acids is 1. The molecule has 0 amide bonds. The first-order chi connectivity index (χ1) is 9.69. The average molecular weight is 264 g/mol. The second-order valence-corrected chi connectivity index (χ2v) is 4.81. The van der Waals surface area contributed by atoms with Crippen molar-refractivity contribution in [2.75, 3.05) is 7.11 Å². The predicted molar refractivity (Wildman–Crippen MR) is 76.2 cm³/mol. The molecule has 1 heterocycles. The second-order valence-electron chi connectivity index (χ2n) is 4.81. The lowest BCUT2D eigenvalue weighted by molar-refractivity contribution is 0.0968. The molecule has 2 aromatic rings. The molecule has 2 radical (unpaired) electrons. The molecule has 5 heteroatoms. The van der Waals surface area contributed by atoms with E-state index < -0.39 is 5.82 Å². The number of hydrogen-bond donors (Lipinski definition) is 0. The number of methoxy groups -OCH3 is 1. The molecule has 0 aliphatic heterocycles. The molecule has 3 rings (SSSR count). The highest BCUT2D eigenvalue weighted by molar-refractivity contribution is 6.28. The molecule has 1 aromatic carbocycles. The van der Waals surface area contributed by atoms with Gasteiger partial charge in [-0.1, -0.05) is 12.1 Å². The molecule has 1 atom stereocenters. The highest BCUT2D eigenvalue weighted by Crippen LogP contribution is 2.28. The number of ether oxygens (including phenoxy) is 1. The summed E-state index contributed by atoms with van der Waals surface area (Å²) in [6, 6.07) is 7.44. The van der Waals surface area contributed by atoms with E-state index in [0.717, 1.165) is 23.3 Å². The summed E-state index contributed by atoms with van der Waals surface area (Å²) in [7, 11) is 7.40. The maximum atomic E-state index is 12.1. The van der Waals surface area contributed by atoms with Gasteiger partial charge < -0.3 is 4.74 Å². The molecule has 20 heavy (non-hydrogen) atoms. The Balaban J connectivity index is 2.05. The number of aromatic nitrogens is 2. The van der Waals surface area contributed by atoms with Gasteiger partial charge in [-0.3, -0.25) is 4.79 Å². The van der Waals surface area contributed by atoms with E-state index in [9.17, 15) is 4.79 Å². The van der Waals surface area contributed by atoms with Crippen LogP contribution in [-0.2, 0) is 6.42 Å². The zero-order valence-corrected chi connectivity index (χ0v) is 11.2. The van der Waals surface area contributed by atoms with Gasteiger partial charge in [0.15, 0.2) is 11.6 Å². The van der Waals surface area contributed by atoms with Gasteiger partial charge in [-0.2, -0.15) is 0 Å². The van der Waals surface area contributed by atoms with E-state index in [1.165, 1.54) is 0 Å². The van der Waals surface area contributed by atoms with Crippen LogP contribution >= 0.6 is 0 Å². The van der Waals surface area contributed by atoms with Crippen molar-refractivity contribution in [3.8, 4) is 17.1 Å². The molecule has 98 valence electrons. The smallest absolute Gasteiger partial charge is 0.176 e. The van der Waals surface area contributed by atoms with Gasteiger partial charge in [0.25, 0.3) is 0 Å². The van der Waals surface area contributed by atoms with E-state index >= 15 is 0 Å². The van der Waals surface area contributed by atoms with Gasteiger partial charge in [-0.05, 0) is 36.4 Å². The molecule has 1 aliphatic rings. The highest BCUT2D eigenvalue weighted by atomic mass is 16.5. The Bertz CT molecular complexity index is 673. The number of nitrogens with zero attached hydrogens (tertiary/aromatic N) is 2. The van der Waals surface area contributed by atoms with Gasteiger partial charge in [0, 0.05) is 11.8 Å². The normalized spacial score (nSPS) is 17.6. The molecular formula is C15H13BN2O2. The van der Waals surface area contributed by atoms with Crippen LogP contribution in [0.2, 0.25) is 5.82 Å². The van der Waals surface area contributed by atoms with Crippen LogP contribution in [0.5, 0.6) is 5.75 Å². The fraction of sp³-hybridized carbons (Fsp3) is 0.267. The number of fused-ring (bicyclic) bond motifs is 1. The van der Waals surface area contributed by atoms with Crippen molar-refractivity contribution >= 4 is 13.6 Å². The van der Waals surface area contributed by atoms with E-state index in [1.807, 2.05) is 24.3 Å². The molecule has 0 N–H and O–H groups in total. The van der Waals surface area contributed by atoms with E-state index in [-0.39, 0.29) is 5.78 Å². The van der Waals surface area contributed by atoms with Crippen LogP contribution in [0.4, 0.5) is 0 Å². The largest absolute Gasteiger partial charge is 0.497 e. The van der Waals surface area contributed by atoms with Crippen LogP contribution in [0.1, 0.15) is 22.5 Å². The molecular weight excluding hydrogens is 251 g/mol. The molecule has 1 aliphatic carbocycles. The van der Waals surface area contributed by atoms with Gasteiger partial charge in [0.05, 0.1) is 15.0 Å². The van der Waals surface area contributed by atoms with Crippen LogP contribution in [0, 0.1) is 0 Å². The minimum Gasteiger partial charge on any atom is -0.497 e. The summed E-state index contributed by atoms with van der Waals surface area (Å²) in [4.78, 5) is 20.8. The molecule has 1 unspecified atom stereocenters. The minimum absolute atomic E-state index is 0.0993. The lowest BCUT2D eigenvalue weighted by Gasteiger charge is -2.19. The van der Waals surface area contributed by atoms with Gasteiger partial charge in [0.2, 0.25) is 0 Å². The van der Waals surface area contributed by atoms with Gasteiger partial charge >= 0.3 is 0 Å². The van der Waals surface area contributed by atoms with Gasteiger partial charge in [0.1, 0.15) is 11.4 Å². The zero-order valence-electron chi connectivity index (χ0n) is 11.2. The Morgan fingerprint density at radius 2 is 2.25 bits per heavy atom. The number of carbonyl (C=O) groups is 1. The molecule has 0 bridgehead atoms. The summed E-state index contributed by atoms with van der Waals surface area (Å²) in [5.41, 5.74) is 2.15. The summed E-state index contributed by atoms with van der Waals surface area (Å²) in [6.07, 6.45) is 3.13. The number of rotatable bonds is 2. The Morgan fingerprint density at radius 1 is 1.40 bits per heavy atom. The van der Waals surface area contributed by atoms with E-state index in [1.54, 1.807) is 13.3 Å². The van der Waals surface area contributed by atoms with Crippen molar-refractivity contribution in [3.63, 3.8) is 0 Å². The number of hydrogen-bond acceptors (Lipinski definition) is 4. The van der Waals surface area contributed by atoms with Crippen LogP contribution in [0.15, 0.2) is 30.5 Å². The number of aryl methyl sites for hydroxylation is 1. The van der Waals surface area contributed by atoms with Crippen molar-refractivity contribution in [1.29, 1.82) is 0 Å². The standard InChI is InChI=1S/C15H13BN2O2/c1-20-11-4-2-3-9(7-11)15-17-8-10-5-6-12(16)14(19)13(10)18-15/h2-4,7-8,12H,5-6H2,1H3. The van der Waals surface area contributed by atoms with Crippen LogP contribution in [0.25, 0.3) is 11.4 Å². The van der Waals surface area contributed by atoms with E-state index in [2.05, 4.69) is 9.97 Å². The van der Waals surface area contributed by atoms with Crippen LogP contribution < -0.4 is 4.74 Å². The summed E-state index contributed by atoms with van der Waals surface area (Å²) in [5.74, 6) is 0.699. The highest BCUT2D eigenvalue weighted by Gasteiger charge is 2.25. The maximum absolute atomic E-state index is 12.1. The Morgan fingerprint density at radius 3 is 3.05 bits per heavy atom. The fourth-order valence-corrected chi connectivity index (χ4v) is 2.32. The zero-order chi connectivity index (χ0) is 14.1. The summed E-state index contributed by atoms with van der Waals surface area (Å²) in [6.45, 7) is 0. The molecule has 1 aromatic heterocycles. The molecule has 0 fully saturated rings. The predicted octanol–water partition coefficient (Wildman–Crippen LogP) is 2.24. The molecule has 0 saturated carbocycles. The van der Waals surface area contributed by atoms with Crippen molar-refractivity contribution in [3.05, 3.63) is 41.7 Å². The first-order valence-corrected chi connectivity index (χ1v) is 6.49. The third-order valence-corrected chi connectivity index (χ3v) is 3.49. The van der Waals surface area contributed by atoms with Crippen molar-refractivity contribution < 1.29 is 9.53 Å². The number of benzene rings is 1. The fourth-order valence-electron chi connectivity index (χ4n) is 2.32. The quantitative estimate of drug-likeness (QED) is 0.780. The van der Waals surface area contributed by atoms with E-state index in [0.29, 0.717) is 17.9 Å². The van der Waals surface area contributed by atoms with E-state index in [4.69, 9.17) is 12.6 Å². The molecule has 0 saturated heterocycles. The summed E-state index contributed by atoms with van der Waals surface area (Å²) < 4.78 is 5.18. The minimum atomic E-state index is -0.449. The second kappa shape index (κ2) is 5.08. The first-order valence-electron chi connectivity index (χ1n) is 6.49. The number of ketones is 1. The third-order valence-electron chi connectivity index (χ3n) is 3.49. The average Bonchev–Trinajstić information content (AvgIpc) is 2.51. The van der Waals surface area contributed by atoms with Gasteiger partial charge in [-0.25, -0.2) is 9.97 Å². The number of Topliss-reactive ketones (excluding diaryl/α,β-unsaturated/α-hetero) is 1. The summed E-state index contributed by atoms with van der Waals surface area (Å²) >= 11 is 0. The molecule has 0 spiro atoms. The maximum Gasteiger partial charge on any atom is 0.176 e. The van der Waals surface area contributed by atoms with Crippen LogP contribution in [-0.4, -0.2) is 30.7 Å². The van der Waals surface area contributed by atoms with Gasteiger partial charge in [-0.15, -0.1) is 0 Å². The lowest BCUT2D eigenvalue weighted by atomic mass is 9.74. The monoisotopic (exact) mass is 264 g/mol. The SMILES string of the molecule is [B]C1CCc2cnc(-c3cccc(OC)c3)nc2C1=O. The van der Waals surface area contributed by atoms with Crippen molar-refractivity contribution in [2.45, 2.75) is 18.7 Å². The van der Waals surface area contributed by atoms with Crippen molar-refractivity contribution in [2.24, 2.45) is 0 Å². The van der Waals surface area contributed by atoms with Crippen LogP contribution in [0.3, 0.4) is 0 Å². The molecule has 4 nitrogen and oxygen atoms in total. The lowest BCUT2D eigenvalue weighted by Crippen LogP contribution is -2.20. The van der Waals surface area contributed by atoms with Crippen molar-refractivity contribution in [1.82, 2.24) is 9.97 Å².